The number of tetrazole rings is 1. The highest BCUT2D eigenvalue weighted by molar-refractivity contribution is 5.90. The number of carbonyl (C=O) groups excluding carboxylic acids is 1. The van der Waals surface area contributed by atoms with Crippen LogP contribution in [0, 0.1) is 0 Å². The highest BCUT2D eigenvalue weighted by Crippen LogP contribution is 2.04. The molecule has 2 aromatic rings. The first-order valence-corrected chi connectivity index (χ1v) is 5.00. The topological polar surface area (TPSA) is 105 Å². The van der Waals surface area contributed by atoms with E-state index in [1.165, 1.54) is 7.11 Å². The Bertz CT molecular complexity index is 534. The number of benzene rings is 1. The second kappa shape index (κ2) is 5.53. The molecular formula is C10H10N6O2. The highest BCUT2D eigenvalue weighted by Gasteiger charge is 2.03. The zero-order valence-corrected chi connectivity index (χ0v) is 9.49. The first-order valence-electron chi connectivity index (χ1n) is 5.00. The van der Waals surface area contributed by atoms with Gasteiger partial charge in [-0.1, -0.05) is 17.2 Å². The Morgan fingerprint density at radius 1 is 1.44 bits per heavy atom. The third-order valence-electron chi connectivity index (χ3n) is 2.06. The number of H-pyrrole nitrogens is 1. The molecule has 2 N–H and O–H groups in total. The van der Waals surface area contributed by atoms with Crippen LogP contribution in [0.3, 0.4) is 0 Å². The van der Waals surface area contributed by atoms with Crippen LogP contribution in [0.2, 0.25) is 0 Å². The van der Waals surface area contributed by atoms with Gasteiger partial charge in [-0.05, 0) is 22.9 Å². The van der Waals surface area contributed by atoms with Crippen LogP contribution in [0.25, 0.3) is 0 Å². The Kier molecular flexibility index (Phi) is 3.59. The maximum absolute atomic E-state index is 11.2. The van der Waals surface area contributed by atoms with Gasteiger partial charge >= 0.3 is 5.97 Å². The summed E-state index contributed by atoms with van der Waals surface area (Å²) in [5.41, 5.74) is 3.89. The molecule has 92 valence electrons. The predicted molar refractivity (Wildman–Crippen MR) is 63.2 cm³/mol. The number of esters is 1. The summed E-state index contributed by atoms with van der Waals surface area (Å²) >= 11 is 0. The third kappa shape index (κ3) is 2.88. The number of anilines is 1. The number of carbonyl (C=O) groups is 1. The number of hydrogen-bond acceptors (Lipinski definition) is 7. The molecule has 0 amide bonds. The van der Waals surface area contributed by atoms with Crippen molar-refractivity contribution in [2.24, 2.45) is 5.10 Å². The summed E-state index contributed by atoms with van der Waals surface area (Å²) in [6, 6.07) is 6.80. The van der Waals surface area contributed by atoms with Crippen LogP contribution in [0.5, 0.6) is 0 Å². The van der Waals surface area contributed by atoms with E-state index >= 15 is 0 Å². The van der Waals surface area contributed by atoms with E-state index in [4.69, 9.17) is 0 Å². The normalized spacial score (nSPS) is 10.5. The lowest BCUT2D eigenvalue weighted by atomic mass is 10.1. The van der Waals surface area contributed by atoms with Gasteiger partial charge in [-0.3, -0.25) is 0 Å². The minimum Gasteiger partial charge on any atom is -0.465 e. The Hall–Kier alpha value is -2.77. The molecular weight excluding hydrogens is 236 g/mol. The van der Waals surface area contributed by atoms with Crippen molar-refractivity contribution >= 4 is 18.1 Å². The standard InChI is InChI=1S/C10H10N6O2/c1-18-9(17)8-4-2-7(3-5-8)6-11-12-10-13-15-16-14-10/h2-6H,1H3,(H2,12,13,14,15,16)/b11-6+. The van der Waals surface area contributed by atoms with E-state index in [1.807, 2.05) is 0 Å². The smallest absolute Gasteiger partial charge is 0.337 e. The van der Waals surface area contributed by atoms with Crippen molar-refractivity contribution in [1.82, 2.24) is 20.6 Å². The molecule has 2 rings (SSSR count). The van der Waals surface area contributed by atoms with Crippen molar-refractivity contribution in [3.05, 3.63) is 35.4 Å². The van der Waals surface area contributed by atoms with E-state index in [1.54, 1.807) is 30.5 Å². The lowest BCUT2D eigenvalue weighted by molar-refractivity contribution is 0.0601. The average molecular weight is 246 g/mol. The summed E-state index contributed by atoms with van der Waals surface area (Å²) in [6.45, 7) is 0. The fraction of sp³-hybridized carbons (Fsp3) is 0.100. The van der Waals surface area contributed by atoms with Crippen LogP contribution in [-0.2, 0) is 4.74 Å². The van der Waals surface area contributed by atoms with E-state index < -0.39 is 0 Å². The van der Waals surface area contributed by atoms with Crippen LogP contribution < -0.4 is 5.43 Å². The van der Waals surface area contributed by atoms with Crippen LogP contribution in [0.4, 0.5) is 5.95 Å². The Morgan fingerprint density at radius 2 is 2.22 bits per heavy atom. The Labute approximate surface area is 102 Å². The molecule has 0 saturated carbocycles. The van der Waals surface area contributed by atoms with Crippen LogP contribution in [-0.4, -0.2) is 39.9 Å². The monoisotopic (exact) mass is 246 g/mol. The summed E-state index contributed by atoms with van der Waals surface area (Å²) in [4.78, 5) is 11.2. The number of rotatable bonds is 4. The van der Waals surface area contributed by atoms with E-state index in [9.17, 15) is 4.79 Å². The van der Waals surface area contributed by atoms with Crippen molar-refractivity contribution in [3.63, 3.8) is 0 Å². The SMILES string of the molecule is COC(=O)c1ccc(/C=N/Nc2nn[nH]n2)cc1. The van der Waals surface area contributed by atoms with Crippen LogP contribution >= 0.6 is 0 Å². The molecule has 0 aliphatic carbocycles. The van der Waals surface area contributed by atoms with Crippen molar-refractivity contribution < 1.29 is 9.53 Å². The van der Waals surface area contributed by atoms with E-state index in [2.05, 4.69) is 35.9 Å². The van der Waals surface area contributed by atoms with Crippen molar-refractivity contribution in [3.8, 4) is 0 Å². The summed E-state index contributed by atoms with van der Waals surface area (Å²) < 4.78 is 4.59. The van der Waals surface area contributed by atoms with Crippen molar-refractivity contribution in [1.29, 1.82) is 0 Å². The third-order valence-corrected chi connectivity index (χ3v) is 2.06. The van der Waals surface area contributed by atoms with Crippen molar-refractivity contribution in [2.45, 2.75) is 0 Å². The molecule has 0 fully saturated rings. The second-order valence-electron chi connectivity index (χ2n) is 3.22. The fourth-order valence-electron chi connectivity index (χ4n) is 1.20. The van der Waals surface area contributed by atoms with Gasteiger partial charge in [-0.2, -0.15) is 10.3 Å². The van der Waals surface area contributed by atoms with Crippen LogP contribution in [0.1, 0.15) is 15.9 Å². The first kappa shape index (κ1) is 11.7. The molecule has 0 spiro atoms. The lowest BCUT2D eigenvalue weighted by Crippen LogP contribution is -2.00. The van der Waals surface area contributed by atoms with Gasteiger partial charge in [-0.15, -0.1) is 5.10 Å². The largest absolute Gasteiger partial charge is 0.465 e. The average Bonchev–Trinajstić information content (AvgIpc) is 2.92. The quantitative estimate of drug-likeness (QED) is 0.460. The van der Waals surface area contributed by atoms with Gasteiger partial charge in [0.15, 0.2) is 0 Å². The maximum Gasteiger partial charge on any atom is 0.337 e. The molecule has 18 heavy (non-hydrogen) atoms. The van der Waals surface area contributed by atoms with E-state index in [0.717, 1.165) is 5.56 Å². The number of nitrogens with zero attached hydrogens (tertiary/aromatic N) is 4. The fourth-order valence-corrected chi connectivity index (χ4v) is 1.20. The number of nitrogens with one attached hydrogen (secondary N) is 2. The second-order valence-corrected chi connectivity index (χ2v) is 3.22. The van der Waals surface area contributed by atoms with Gasteiger partial charge in [0.25, 0.3) is 5.95 Å². The summed E-state index contributed by atoms with van der Waals surface area (Å²) in [7, 11) is 1.34. The maximum atomic E-state index is 11.2. The molecule has 8 nitrogen and oxygen atoms in total. The molecule has 8 heteroatoms. The number of aromatic nitrogens is 4. The minimum absolute atomic E-state index is 0.275. The van der Waals surface area contributed by atoms with Crippen molar-refractivity contribution in [2.75, 3.05) is 12.5 Å². The predicted octanol–water partition coefficient (Wildman–Crippen LogP) is 0.432. The van der Waals surface area contributed by atoms with E-state index in [-0.39, 0.29) is 11.9 Å². The summed E-state index contributed by atoms with van der Waals surface area (Å²) in [6.07, 6.45) is 1.57. The van der Waals surface area contributed by atoms with Gasteiger partial charge in [0.2, 0.25) is 0 Å². The lowest BCUT2D eigenvalue weighted by Gasteiger charge is -1.98. The van der Waals surface area contributed by atoms with E-state index in [0.29, 0.717) is 5.56 Å². The first-order chi connectivity index (χ1) is 8.79. The molecule has 0 atom stereocenters. The zero-order valence-electron chi connectivity index (χ0n) is 9.49. The molecule has 0 saturated heterocycles. The van der Waals surface area contributed by atoms with Crippen LogP contribution in [0.15, 0.2) is 29.4 Å². The molecule has 1 heterocycles. The molecule has 0 bridgehead atoms. The molecule has 1 aromatic carbocycles. The summed E-state index contributed by atoms with van der Waals surface area (Å²) in [5.74, 6) is -0.0964. The minimum atomic E-state index is -0.372. The summed E-state index contributed by atoms with van der Waals surface area (Å²) in [5, 5.41) is 16.9. The molecule has 0 unspecified atom stereocenters. The molecule has 0 radical (unpaired) electrons. The molecule has 1 aromatic heterocycles. The Balaban J connectivity index is 1.97. The number of hydrogen-bond donors (Lipinski definition) is 2. The number of ether oxygens (including phenoxy) is 1. The van der Waals surface area contributed by atoms with Gasteiger partial charge in [-0.25, -0.2) is 10.2 Å². The van der Waals surface area contributed by atoms with Gasteiger partial charge in [0.05, 0.1) is 18.9 Å². The van der Waals surface area contributed by atoms with Gasteiger partial charge in [0.1, 0.15) is 0 Å². The van der Waals surface area contributed by atoms with Gasteiger partial charge < -0.3 is 4.74 Å². The Morgan fingerprint density at radius 3 is 2.83 bits per heavy atom. The van der Waals surface area contributed by atoms with Gasteiger partial charge in [0, 0.05) is 0 Å². The number of methoxy groups -OCH3 is 1. The number of hydrazone groups is 1. The molecule has 0 aliphatic heterocycles. The molecule has 0 aliphatic rings. The zero-order chi connectivity index (χ0) is 12.8. The highest BCUT2D eigenvalue weighted by atomic mass is 16.5. The number of aromatic amines is 1.